The number of fused-ring (bicyclic) bond motifs is 1. The first-order valence-electron chi connectivity index (χ1n) is 8.93. The van der Waals surface area contributed by atoms with Crippen molar-refractivity contribution < 1.29 is 17.6 Å². The number of hydrogen-bond donors (Lipinski definition) is 2. The van der Waals surface area contributed by atoms with Gasteiger partial charge in [0, 0.05) is 28.8 Å². The van der Waals surface area contributed by atoms with Gasteiger partial charge in [0.25, 0.3) is 10.0 Å². The summed E-state index contributed by atoms with van der Waals surface area (Å²) in [4.78, 5) is 16.6. The number of nitrogens with zero attached hydrogens (tertiary/aromatic N) is 2. The third-order valence-electron chi connectivity index (χ3n) is 4.59. The monoisotopic (exact) mass is 444 g/mol. The lowest BCUT2D eigenvalue weighted by Gasteiger charge is -2.16. The summed E-state index contributed by atoms with van der Waals surface area (Å²) in [5.41, 5.74) is 1.06. The van der Waals surface area contributed by atoms with Gasteiger partial charge in [-0.05, 0) is 49.4 Å². The Hall–Kier alpha value is -3.24. The zero-order valence-corrected chi connectivity index (χ0v) is 17.4. The van der Waals surface area contributed by atoms with Crippen LogP contribution in [0.4, 0.5) is 15.2 Å². The van der Waals surface area contributed by atoms with Crippen molar-refractivity contribution in [2.45, 2.75) is 17.9 Å². The summed E-state index contributed by atoms with van der Waals surface area (Å²) < 4.78 is 42.7. The number of halogens is 1. The molecule has 0 saturated carbocycles. The van der Waals surface area contributed by atoms with Crippen LogP contribution in [0.5, 0.6) is 0 Å². The number of benzene rings is 2. The van der Waals surface area contributed by atoms with Crippen molar-refractivity contribution in [3.05, 3.63) is 72.1 Å². The van der Waals surface area contributed by atoms with Gasteiger partial charge in [0.1, 0.15) is 11.9 Å². The standard InChI is InChI=1S/C20H17FN4O3S2/c1-13(25-11-9-16-17(21)3-2-4-18(16)25)19(26)23-14-5-7-15(8-6-14)30(27,28)24-20-22-10-12-29-20/h2-13H,1H3,(H,22,24)(H,23,26). The highest BCUT2D eigenvalue weighted by atomic mass is 32.2. The molecule has 4 rings (SSSR count). The first-order valence-corrected chi connectivity index (χ1v) is 11.3. The Morgan fingerprint density at radius 2 is 1.93 bits per heavy atom. The van der Waals surface area contributed by atoms with Crippen molar-refractivity contribution in [2.75, 3.05) is 10.0 Å². The zero-order chi connectivity index (χ0) is 21.3. The Morgan fingerprint density at radius 1 is 1.17 bits per heavy atom. The summed E-state index contributed by atoms with van der Waals surface area (Å²) in [6.07, 6.45) is 3.17. The van der Waals surface area contributed by atoms with E-state index in [0.717, 1.165) is 0 Å². The fourth-order valence-electron chi connectivity index (χ4n) is 3.03. The molecule has 1 amide bonds. The van der Waals surface area contributed by atoms with Gasteiger partial charge >= 0.3 is 0 Å². The average Bonchev–Trinajstić information content (AvgIpc) is 3.38. The molecule has 10 heteroatoms. The van der Waals surface area contributed by atoms with E-state index in [2.05, 4.69) is 15.0 Å². The highest BCUT2D eigenvalue weighted by Gasteiger charge is 2.19. The van der Waals surface area contributed by atoms with Gasteiger partial charge in [-0.1, -0.05) is 6.07 Å². The molecule has 1 atom stereocenters. The van der Waals surface area contributed by atoms with Crippen LogP contribution in [0.25, 0.3) is 10.9 Å². The number of carbonyl (C=O) groups excluding carboxylic acids is 1. The molecule has 0 spiro atoms. The molecule has 0 aliphatic carbocycles. The molecule has 154 valence electrons. The highest BCUT2D eigenvalue weighted by Crippen LogP contribution is 2.24. The van der Waals surface area contributed by atoms with E-state index < -0.39 is 16.1 Å². The van der Waals surface area contributed by atoms with Crippen molar-refractivity contribution in [3.63, 3.8) is 0 Å². The second kappa shape index (κ2) is 7.88. The number of aromatic nitrogens is 2. The maximum atomic E-state index is 13.9. The number of carbonyl (C=O) groups is 1. The van der Waals surface area contributed by atoms with Gasteiger partial charge in [-0.3, -0.25) is 9.52 Å². The lowest BCUT2D eigenvalue weighted by Crippen LogP contribution is -2.23. The quantitative estimate of drug-likeness (QED) is 0.465. The second-order valence-corrected chi connectivity index (χ2v) is 9.10. The van der Waals surface area contributed by atoms with Crippen molar-refractivity contribution in [3.8, 4) is 0 Å². The molecule has 0 aliphatic heterocycles. The summed E-state index contributed by atoms with van der Waals surface area (Å²) >= 11 is 1.18. The van der Waals surface area contributed by atoms with Crippen LogP contribution in [0.3, 0.4) is 0 Å². The largest absolute Gasteiger partial charge is 0.335 e. The van der Waals surface area contributed by atoms with Crippen molar-refractivity contribution in [1.82, 2.24) is 9.55 Å². The third-order valence-corrected chi connectivity index (χ3v) is 6.77. The number of amides is 1. The molecule has 0 aliphatic rings. The summed E-state index contributed by atoms with van der Waals surface area (Å²) in [5.74, 6) is -0.657. The van der Waals surface area contributed by atoms with Crippen molar-refractivity contribution in [2.24, 2.45) is 0 Å². The smallest absolute Gasteiger partial charge is 0.263 e. The van der Waals surface area contributed by atoms with E-state index >= 15 is 0 Å². The second-order valence-electron chi connectivity index (χ2n) is 6.53. The molecule has 7 nitrogen and oxygen atoms in total. The summed E-state index contributed by atoms with van der Waals surface area (Å²) in [6, 6.07) is 11.6. The van der Waals surface area contributed by atoms with E-state index in [1.165, 1.54) is 47.9 Å². The van der Waals surface area contributed by atoms with Crippen LogP contribution in [-0.2, 0) is 14.8 Å². The van der Waals surface area contributed by atoms with E-state index in [1.54, 1.807) is 41.3 Å². The van der Waals surface area contributed by atoms with Gasteiger partial charge < -0.3 is 9.88 Å². The maximum Gasteiger partial charge on any atom is 0.263 e. The van der Waals surface area contributed by atoms with Gasteiger partial charge in [-0.2, -0.15) is 0 Å². The first kappa shape index (κ1) is 20.0. The maximum absolute atomic E-state index is 13.9. The minimum atomic E-state index is -3.76. The molecule has 1 unspecified atom stereocenters. The SMILES string of the molecule is CC(C(=O)Nc1ccc(S(=O)(=O)Nc2nccs2)cc1)n1ccc2c(F)cccc21. The van der Waals surface area contributed by atoms with Crippen molar-refractivity contribution >= 4 is 49.0 Å². The van der Waals surface area contributed by atoms with Crippen LogP contribution >= 0.6 is 11.3 Å². The van der Waals surface area contributed by atoms with Crippen molar-refractivity contribution in [1.29, 1.82) is 0 Å². The molecule has 2 aromatic heterocycles. The minimum Gasteiger partial charge on any atom is -0.335 e. The molecule has 0 fully saturated rings. The van der Waals surface area contributed by atoms with Crippen LogP contribution in [0.2, 0.25) is 0 Å². The molecule has 0 saturated heterocycles. The van der Waals surface area contributed by atoms with E-state index in [0.29, 0.717) is 16.6 Å². The number of rotatable bonds is 6. The van der Waals surface area contributed by atoms with Gasteiger partial charge in [-0.15, -0.1) is 11.3 Å². The molecule has 2 aromatic carbocycles. The Bertz CT molecular complexity index is 1300. The van der Waals surface area contributed by atoms with Gasteiger partial charge in [0.15, 0.2) is 5.13 Å². The van der Waals surface area contributed by atoms with Crippen LogP contribution in [0, 0.1) is 5.82 Å². The average molecular weight is 445 g/mol. The van der Waals surface area contributed by atoms with E-state index in [-0.39, 0.29) is 21.8 Å². The number of hydrogen-bond acceptors (Lipinski definition) is 5. The topological polar surface area (TPSA) is 93.1 Å². The lowest BCUT2D eigenvalue weighted by atomic mass is 10.2. The van der Waals surface area contributed by atoms with E-state index in [9.17, 15) is 17.6 Å². The van der Waals surface area contributed by atoms with Crippen LogP contribution in [-0.4, -0.2) is 23.9 Å². The highest BCUT2D eigenvalue weighted by molar-refractivity contribution is 7.93. The van der Waals surface area contributed by atoms with Crippen LogP contribution in [0.1, 0.15) is 13.0 Å². The molecule has 2 heterocycles. The fraction of sp³-hybridized carbons (Fsp3) is 0.100. The normalized spacial score (nSPS) is 12.6. The lowest BCUT2D eigenvalue weighted by molar-refractivity contribution is -0.118. The number of nitrogens with one attached hydrogen (secondary N) is 2. The molecule has 2 N–H and O–H groups in total. The predicted octanol–water partition coefficient (Wildman–Crippen LogP) is 4.24. The number of sulfonamides is 1. The Balaban J connectivity index is 1.48. The molecule has 30 heavy (non-hydrogen) atoms. The Labute approximate surface area is 176 Å². The minimum absolute atomic E-state index is 0.0515. The fourth-order valence-corrected chi connectivity index (χ4v) is 4.82. The number of anilines is 2. The molecule has 4 aromatic rings. The summed E-state index contributed by atoms with van der Waals surface area (Å²) in [6.45, 7) is 1.70. The third kappa shape index (κ3) is 3.91. The summed E-state index contributed by atoms with van der Waals surface area (Å²) in [7, 11) is -3.76. The summed E-state index contributed by atoms with van der Waals surface area (Å²) in [5, 5.41) is 5.14. The van der Waals surface area contributed by atoms with Gasteiger partial charge in [0.2, 0.25) is 5.91 Å². The number of thiazole rings is 1. The Morgan fingerprint density at radius 3 is 2.63 bits per heavy atom. The van der Waals surface area contributed by atoms with E-state index in [4.69, 9.17) is 0 Å². The molecule has 0 bridgehead atoms. The van der Waals surface area contributed by atoms with Crippen LogP contribution < -0.4 is 10.0 Å². The molecular weight excluding hydrogens is 427 g/mol. The van der Waals surface area contributed by atoms with Gasteiger partial charge in [0.05, 0.1) is 10.4 Å². The molecule has 0 radical (unpaired) electrons. The van der Waals surface area contributed by atoms with E-state index in [1.807, 2.05) is 0 Å². The van der Waals surface area contributed by atoms with Crippen LogP contribution in [0.15, 0.2) is 71.2 Å². The van der Waals surface area contributed by atoms with Gasteiger partial charge in [-0.25, -0.2) is 17.8 Å². The first-order chi connectivity index (χ1) is 14.3. The zero-order valence-electron chi connectivity index (χ0n) is 15.7. The Kier molecular flexibility index (Phi) is 5.27. The molecular formula is C20H17FN4O3S2. The predicted molar refractivity (Wildman–Crippen MR) is 115 cm³/mol.